The normalized spacial score (nSPS) is 16.9. The Morgan fingerprint density at radius 1 is 1.11 bits per heavy atom. The molecule has 0 saturated carbocycles. The fourth-order valence-electron chi connectivity index (χ4n) is 4.49. The fraction of sp³-hybridized carbons (Fsp3) is 0.208. The zero-order chi connectivity index (χ0) is 24.1. The third kappa shape index (κ3) is 3.78. The van der Waals surface area contributed by atoms with Crippen molar-refractivity contribution in [2.75, 3.05) is 36.5 Å². The lowest BCUT2D eigenvalue weighted by atomic mass is 10.2. The number of piperazine rings is 1. The fourth-order valence-corrected chi connectivity index (χ4v) is 4.71. The van der Waals surface area contributed by atoms with Gasteiger partial charge in [0.25, 0.3) is 0 Å². The van der Waals surface area contributed by atoms with Gasteiger partial charge in [0.05, 0.1) is 16.6 Å². The molecule has 180 valence electrons. The maximum atomic E-state index is 6.56. The third-order valence-electron chi connectivity index (χ3n) is 6.23. The van der Waals surface area contributed by atoms with E-state index in [1.54, 1.807) is 35.0 Å². The van der Waals surface area contributed by atoms with Crippen molar-refractivity contribution in [3.05, 3.63) is 60.3 Å². The largest absolute Gasteiger partial charge is 0.488 e. The minimum absolute atomic E-state index is 0.279. The van der Waals surface area contributed by atoms with Crippen LogP contribution < -0.4 is 25.0 Å². The van der Waals surface area contributed by atoms with Gasteiger partial charge in [-0.25, -0.2) is 24.5 Å². The van der Waals surface area contributed by atoms with Crippen LogP contribution in [0.25, 0.3) is 16.7 Å². The van der Waals surface area contributed by atoms with Crippen LogP contribution in [0.15, 0.2) is 55.2 Å². The molecule has 11 nitrogen and oxygen atoms in total. The van der Waals surface area contributed by atoms with Crippen molar-refractivity contribution in [3.8, 4) is 17.2 Å². The van der Waals surface area contributed by atoms with E-state index < -0.39 is 0 Å². The van der Waals surface area contributed by atoms with Crippen molar-refractivity contribution in [3.63, 3.8) is 0 Å². The quantitative estimate of drug-likeness (QED) is 0.379. The standard InChI is InChI=1S/C24H20ClN9O2/c25-17-7-14(1-2-19(17)36-16-3-5-34-21(8-16)28-13-30-34)31-23-22-18(27-12-29-23)9-20-24(32-22)33-6-4-26-15(10-33)11-35-20/h1-3,5,7-9,12-13,15,26H,4,6,10-11H2,(H,27,29,31). The zero-order valence-electron chi connectivity index (χ0n) is 18.9. The Kier molecular flexibility index (Phi) is 4.96. The first-order chi connectivity index (χ1) is 17.7. The van der Waals surface area contributed by atoms with Crippen molar-refractivity contribution in [2.45, 2.75) is 6.04 Å². The van der Waals surface area contributed by atoms with Crippen molar-refractivity contribution >= 4 is 45.6 Å². The van der Waals surface area contributed by atoms with Gasteiger partial charge >= 0.3 is 0 Å². The molecule has 0 radical (unpaired) electrons. The number of ether oxygens (including phenoxy) is 2. The van der Waals surface area contributed by atoms with Gasteiger partial charge in [-0.2, -0.15) is 5.10 Å². The summed E-state index contributed by atoms with van der Waals surface area (Å²) in [6, 6.07) is 11.3. The number of fused-ring (bicyclic) bond motifs is 6. The average molecular weight is 502 g/mol. The molecule has 36 heavy (non-hydrogen) atoms. The highest BCUT2D eigenvalue weighted by Gasteiger charge is 2.28. The van der Waals surface area contributed by atoms with E-state index in [9.17, 15) is 0 Å². The maximum Gasteiger partial charge on any atom is 0.172 e. The second kappa shape index (κ2) is 8.47. The molecular formula is C24H20ClN9O2. The van der Waals surface area contributed by atoms with Crippen molar-refractivity contribution in [1.82, 2.24) is 34.9 Å². The number of benzene rings is 1. The molecule has 2 N–H and O–H groups in total. The number of hydrogen-bond donors (Lipinski definition) is 2. The summed E-state index contributed by atoms with van der Waals surface area (Å²) in [5.41, 5.74) is 2.79. The molecule has 7 rings (SSSR count). The van der Waals surface area contributed by atoms with E-state index in [0.29, 0.717) is 45.6 Å². The van der Waals surface area contributed by atoms with E-state index >= 15 is 0 Å². The third-order valence-corrected chi connectivity index (χ3v) is 6.52. The van der Waals surface area contributed by atoms with Crippen LogP contribution in [-0.4, -0.2) is 61.8 Å². The Morgan fingerprint density at radius 3 is 3.03 bits per heavy atom. The number of halogens is 1. The second-order valence-corrected chi connectivity index (χ2v) is 9.01. The molecule has 5 aromatic rings. The second-order valence-electron chi connectivity index (χ2n) is 8.61. The van der Waals surface area contributed by atoms with Crippen LogP contribution in [0.1, 0.15) is 0 Å². The Hall–Kier alpha value is -4.22. The SMILES string of the molecule is Clc1cc(Nc2ncnc3cc4c(nc23)N2CCNC(CO4)C2)ccc1Oc1ccn2ncnc2c1. The lowest BCUT2D eigenvalue weighted by molar-refractivity contribution is 0.271. The topological polar surface area (TPSA) is 115 Å². The zero-order valence-corrected chi connectivity index (χ0v) is 19.7. The number of nitrogens with one attached hydrogen (secondary N) is 2. The number of rotatable bonds is 4. The van der Waals surface area contributed by atoms with Crippen LogP contribution >= 0.6 is 11.6 Å². The average Bonchev–Trinajstić information content (AvgIpc) is 3.33. The summed E-state index contributed by atoms with van der Waals surface area (Å²) in [5.74, 6) is 3.28. The Labute approximate surface area is 210 Å². The Balaban J connectivity index is 1.18. The predicted molar refractivity (Wildman–Crippen MR) is 135 cm³/mol. The van der Waals surface area contributed by atoms with Gasteiger partial charge in [0.15, 0.2) is 23.0 Å². The molecule has 1 unspecified atom stereocenters. The van der Waals surface area contributed by atoms with Crippen LogP contribution in [0.5, 0.6) is 17.2 Å². The van der Waals surface area contributed by atoms with Crippen molar-refractivity contribution in [2.24, 2.45) is 0 Å². The van der Waals surface area contributed by atoms with Gasteiger partial charge < -0.3 is 25.0 Å². The van der Waals surface area contributed by atoms with Gasteiger partial charge in [-0.3, -0.25) is 0 Å². The first-order valence-corrected chi connectivity index (χ1v) is 11.9. The van der Waals surface area contributed by atoms with Crippen LogP contribution in [0.4, 0.5) is 17.3 Å². The van der Waals surface area contributed by atoms with E-state index in [0.717, 1.165) is 36.9 Å². The van der Waals surface area contributed by atoms with Crippen molar-refractivity contribution in [1.29, 1.82) is 0 Å². The van der Waals surface area contributed by atoms with Gasteiger partial charge in [-0.05, 0) is 24.3 Å². The van der Waals surface area contributed by atoms with Crippen LogP contribution in [0.2, 0.25) is 5.02 Å². The van der Waals surface area contributed by atoms with Gasteiger partial charge in [-0.1, -0.05) is 11.6 Å². The molecular weight excluding hydrogens is 482 g/mol. The molecule has 0 aliphatic carbocycles. The molecule has 0 spiro atoms. The van der Waals surface area contributed by atoms with E-state index in [-0.39, 0.29) is 6.04 Å². The summed E-state index contributed by atoms with van der Waals surface area (Å²) in [7, 11) is 0. The number of aromatic nitrogens is 6. The van der Waals surface area contributed by atoms with Gasteiger partial charge in [0.2, 0.25) is 0 Å². The number of anilines is 3. The lowest BCUT2D eigenvalue weighted by Crippen LogP contribution is -2.51. The van der Waals surface area contributed by atoms with Crippen LogP contribution in [0, 0.1) is 0 Å². The highest BCUT2D eigenvalue weighted by atomic mass is 35.5. The van der Waals surface area contributed by atoms with E-state index in [1.807, 2.05) is 12.1 Å². The molecule has 1 saturated heterocycles. The Bertz CT molecular complexity index is 1610. The minimum Gasteiger partial charge on any atom is -0.488 e. The van der Waals surface area contributed by atoms with Crippen LogP contribution in [0.3, 0.4) is 0 Å². The summed E-state index contributed by atoms with van der Waals surface area (Å²) in [6.45, 7) is 3.21. The Morgan fingerprint density at radius 2 is 2.08 bits per heavy atom. The minimum atomic E-state index is 0.279. The van der Waals surface area contributed by atoms with Gasteiger partial charge in [0.1, 0.15) is 36.3 Å². The first-order valence-electron chi connectivity index (χ1n) is 11.5. The first kappa shape index (κ1) is 21.1. The highest BCUT2D eigenvalue weighted by molar-refractivity contribution is 6.32. The lowest BCUT2D eigenvalue weighted by Gasteiger charge is -2.31. The summed E-state index contributed by atoms with van der Waals surface area (Å²) in [6.07, 6.45) is 4.78. The van der Waals surface area contributed by atoms with E-state index in [4.69, 9.17) is 26.1 Å². The summed E-state index contributed by atoms with van der Waals surface area (Å²) in [5, 5.41) is 11.3. The number of pyridine rings is 2. The number of hydrogen-bond acceptors (Lipinski definition) is 10. The monoisotopic (exact) mass is 501 g/mol. The molecule has 12 heteroatoms. The molecule has 2 bridgehead atoms. The molecule has 1 fully saturated rings. The molecule has 2 aliphatic rings. The highest BCUT2D eigenvalue weighted by Crippen LogP contribution is 2.36. The molecule has 2 aliphatic heterocycles. The predicted octanol–water partition coefficient (Wildman–Crippen LogP) is 3.43. The maximum absolute atomic E-state index is 6.56. The van der Waals surface area contributed by atoms with Crippen LogP contribution in [-0.2, 0) is 0 Å². The molecule has 4 aromatic heterocycles. The molecule has 1 atom stereocenters. The summed E-state index contributed by atoms with van der Waals surface area (Å²) >= 11 is 6.56. The van der Waals surface area contributed by atoms with Gasteiger partial charge in [-0.15, -0.1) is 0 Å². The van der Waals surface area contributed by atoms with Gasteiger partial charge in [0, 0.05) is 43.7 Å². The van der Waals surface area contributed by atoms with E-state index in [1.165, 1.54) is 12.7 Å². The molecule has 1 aromatic carbocycles. The smallest absolute Gasteiger partial charge is 0.172 e. The number of nitrogens with zero attached hydrogens (tertiary/aromatic N) is 7. The molecule has 6 heterocycles. The molecule has 0 amide bonds. The van der Waals surface area contributed by atoms with E-state index in [2.05, 4.69) is 35.6 Å². The van der Waals surface area contributed by atoms with Crippen molar-refractivity contribution < 1.29 is 9.47 Å². The summed E-state index contributed by atoms with van der Waals surface area (Å²) < 4.78 is 13.7. The summed E-state index contributed by atoms with van der Waals surface area (Å²) in [4.78, 5) is 20.2.